The highest BCUT2D eigenvalue weighted by molar-refractivity contribution is 5.67. The molecule has 0 spiro atoms. The average Bonchev–Trinajstić information content (AvgIpc) is 2.52. The number of hydrogen-bond donors (Lipinski definition) is 2. The minimum absolute atomic E-state index is 0.123. The van der Waals surface area contributed by atoms with E-state index in [4.69, 9.17) is 4.74 Å². The molecule has 0 heterocycles. The third kappa shape index (κ3) is 4.40. The van der Waals surface area contributed by atoms with Crippen molar-refractivity contribution in [2.24, 2.45) is 0 Å². The molecule has 104 valence electrons. The molecule has 20 heavy (non-hydrogen) atoms. The molecule has 0 aliphatic heterocycles. The lowest BCUT2D eigenvalue weighted by atomic mass is 10.1. The van der Waals surface area contributed by atoms with Crippen molar-refractivity contribution in [2.45, 2.75) is 12.7 Å². The molecule has 0 aliphatic carbocycles. The van der Waals surface area contributed by atoms with E-state index < -0.39 is 12.2 Å². The molecule has 2 aromatic carbocycles. The lowest BCUT2D eigenvalue weighted by molar-refractivity contribution is 0.126. The molecule has 0 bridgehead atoms. The van der Waals surface area contributed by atoms with Crippen LogP contribution in [0.25, 0.3) is 0 Å². The third-order valence-electron chi connectivity index (χ3n) is 2.84. The van der Waals surface area contributed by atoms with Crippen molar-refractivity contribution < 1.29 is 14.6 Å². The van der Waals surface area contributed by atoms with E-state index in [0.717, 1.165) is 11.1 Å². The Labute approximate surface area is 118 Å². The van der Waals surface area contributed by atoms with E-state index >= 15 is 0 Å². The Morgan fingerprint density at radius 2 is 1.65 bits per heavy atom. The van der Waals surface area contributed by atoms with E-state index in [-0.39, 0.29) is 13.2 Å². The summed E-state index contributed by atoms with van der Waals surface area (Å²) in [5.41, 5.74) is 1.68. The molecule has 1 amide bonds. The lowest BCUT2D eigenvalue weighted by Gasteiger charge is -2.12. The third-order valence-corrected chi connectivity index (χ3v) is 2.84. The maximum absolute atomic E-state index is 11.5. The van der Waals surface area contributed by atoms with Crippen LogP contribution in [0.1, 0.15) is 17.2 Å². The topological polar surface area (TPSA) is 58.6 Å². The molecule has 0 aromatic heterocycles. The predicted molar refractivity (Wildman–Crippen MR) is 76.0 cm³/mol. The maximum Gasteiger partial charge on any atom is 0.407 e. The number of hydrogen-bond acceptors (Lipinski definition) is 3. The Morgan fingerprint density at radius 3 is 2.30 bits per heavy atom. The van der Waals surface area contributed by atoms with Gasteiger partial charge in [-0.1, -0.05) is 60.7 Å². The summed E-state index contributed by atoms with van der Waals surface area (Å²) in [7, 11) is 0. The molecule has 0 saturated heterocycles. The second-order valence-electron chi connectivity index (χ2n) is 4.37. The Balaban J connectivity index is 1.73. The van der Waals surface area contributed by atoms with Crippen molar-refractivity contribution in [3.63, 3.8) is 0 Å². The number of carbonyl (C=O) groups excluding carboxylic acids is 1. The van der Waals surface area contributed by atoms with Gasteiger partial charge in [-0.2, -0.15) is 0 Å². The summed E-state index contributed by atoms with van der Waals surface area (Å²) >= 11 is 0. The highest BCUT2D eigenvalue weighted by atomic mass is 16.5. The molecule has 0 fully saturated rings. The molecular weight excluding hydrogens is 254 g/mol. The SMILES string of the molecule is O=C(NCC(O)c1ccccc1)OCc1ccccc1. The number of nitrogens with one attached hydrogen (secondary N) is 1. The normalized spacial score (nSPS) is 11.7. The molecule has 2 N–H and O–H groups in total. The number of ether oxygens (including phenoxy) is 1. The van der Waals surface area contributed by atoms with Crippen LogP contribution in [0, 0.1) is 0 Å². The largest absolute Gasteiger partial charge is 0.445 e. The van der Waals surface area contributed by atoms with Gasteiger partial charge in [0.15, 0.2) is 0 Å². The first-order valence-corrected chi connectivity index (χ1v) is 6.43. The van der Waals surface area contributed by atoms with Gasteiger partial charge in [-0.15, -0.1) is 0 Å². The summed E-state index contributed by atoms with van der Waals surface area (Å²) in [6.07, 6.45) is -1.27. The van der Waals surface area contributed by atoms with Crippen LogP contribution < -0.4 is 5.32 Å². The Kier molecular flexibility index (Phi) is 5.15. The summed E-state index contributed by atoms with van der Waals surface area (Å²) in [4.78, 5) is 11.5. The van der Waals surface area contributed by atoms with Gasteiger partial charge in [0.1, 0.15) is 6.61 Å². The van der Waals surface area contributed by atoms with E-state index in [1.165, 1.54) is 0 Å². The predicted octanol–water partition coefficient (Wildman–Crippen LogP) is 2.65. The van der Waals surface area contributed by atoms with Crippen LogP contribution in [-0.2, 0) is 11.3 Å². The number of rotatable bonds is 5. The number of aliphatic hydroxyl groups excluding tert-OH is 1. The second-order valence-corrected chi connectivity index (χ2v) is 4.37. The number of benzene rings is 2. The number of alkyl carbamates (subject to hydrolysis) is 1. The molecular formula is C16H17NO3. The van der Waals surface area contributed by atoms with Crippen molar-refractivity contribution in [3.05, 3.63) is 71.8 Å². The summed E-state index contributed by atoms with van der Waals surface area (Å²) in [6, 6.07) is 18.6. The zero-order chi connectivity index (χ0) is 14.2. The molecule has 4 nitrogen and oxygen atoms in total. The lowest BCUT2D eigenvalue weighted by Crippen LogP contribution is -2.28. The van der Waals surface area contributed by atoms with Gasteiger partial charge in [-0.25, -0.2) is 4.79 Å². The van der Waals surface area contributed by atoms with Gasteiger partial charge >= 0.3 is 6.09 Å². The van der Waals surface area contributed by atoms with Gasteiger partial charge in [0.25, 0.3) is 0 Å². The van der Waals surface area contributed by atoms with Gasteiger partial charge < -0.3 is 15.2 Å². The number of aliphatic hydroxyl groups is 1. The fourth-order valence-electron chi connectivity index (χ4n) is 1.75. The Bertz CT molecular complexity index is 528. The van der Waals surface area contributed by atoms with E-state index in [1.807, 2.05) is 60.7 Å². The first kappa shape index (κ1) is 14.1. The van der Waals surface area contributed by atoms with Crippen LogP contribution in [-0.4, -0.2) is 17.7 Å². The van der Waals surface area contributed by atoms with Crippen molar-refractivity contribution in [3.8, 4) is 0 Å². The first-order chi connectivity index (χ1) is 9.75. The van der Waals surface area contributed by atoms with Crippen molar-refractivity contribution >= 4 is 6.09 Å². The highest BCUT2D eigenvalue weighted by Crippen LogP contribution is 2.10. The van der Waals surface area contributed by atoms with Crippen LogP contribution in [0.3, 0.4) is 0 Å². The summed E-state index contributed by atoms with van der Waals surface area (Å²) in [6.45, 7) is 0.339. The summed E-state index contributed by atoms with van der Waals surface area (Å²) in [5.74, 6) is 0. The first-order valence-electron chi connectivity index (χ1n) is 6.43. The molecule has 0 aliphatic rings. The maximum atomic E-state index is 11.5. The zero-order valence-corrected chi connectivity index (χ0v) is 11.0. The van der Waals surface area contributed by atoms with Crippen molar-refractivity contribution in [1.82, 2.24) is 5.32 Å². The van der Waals surface area contributed by atoms with Crippen LogP contribution >= 0.6 is 0 Å². The van der Waals surface area contributed by atoms with E-state index in [0.29, 0.717) is 0 Å². The van der Waals surface area contributed by atoms with Crippen LogP contribution in [0.5, 0.6) is 0 Å². The fraction of sp³-hybridized carbons (Fsp3) is 0.188. The van der Waals surface area contributed by atoms with Gasteiger partial charge in [-0.05, 0) is 11.1 Å². The van der Waals surface area contributed by atoms with Crippen molar-refractivity contribution in [1.29, 1.82) is 0 Å². The molecule has 0 saturated carbocycles. The number of amides is 1. The van der Waals surface area contributed by atoms with Gasteiger partial charge in [0, 0.05) is 0 Å². The Morgan fingerprint density at radius 1 is 1.05 bits per heavy atom. The molecule has 4 heteroatoms. The van der Waals surface area contributed by atoms with Crippen molar-refractivity contribution in [2.75, 3.05) is 6.54 Å². The second kappa shape index (κ2) is 7.31. The average molecular weight is 271 g/mol. The minimum Gasteiger partial charge on any atom is -0.445 e. The van der Waals surface area contributed by atoms with Gasteiger partial charge in [0.05, 0.1) is 12.6 Å². The highest BCUT2D eigenvalue weighted by Gasteiger charge is 2.09. The Hall–Kier alpha value is -2.33. The van der Waals surface area contributed by atoms with Crippen LogP contribution in [0.4, 0.5) is 4.79 Å². The van der Waals surface area contributed by atoms with Crippen LogP contribution in [0.15, 0.2) is 60.7 Å². The standard InChI is InChI=1S/C16H17NO3/c18-15(14-9-5-2-6-10-14)11-17-16(19)20-12-13-7-3-1-4-8-13/h1-10,15,18H,11-12H2,(H,17,19). The molecule has 2 aromatic rings. The number of carbonyl (C=O) groups is 1. The smallest absolute Gasteiger partial charge is 0.407 e. The van der Waals surface area contributed by atoms with E-state index in [1.54, 1.807) is 0 Å². The molecule has 2 rings (SSSR count). The molecule has 0 radical (unpaired) electrons. The van der Waals surface area contributed by atoms with Gasteiger partial charge in [-0.3, -0.25) is 0 Å². The summed E-state index contributed by atoms with van der Waals surface area (Å²) in [5, 5.41) is 12.4. The summed E-state index contributed by atoms with van der Waals surface area (Å²) < 4.78 is 5.05. The molecule has 1 atom stereocenters. The zero-order valence-electron chi connectivity index (χ0n) is 11.0. The van der Waals surface area contributed by atoms with E-state index in [9.17, 15) is 9.90 Å². The monoisotopic (exact) mass is 271 g/mol. The molecule has 1 unspecified atom stereocenters. The quantitative estimate of drug-likeness (QED) is 0.879. The fourth-order valence-corrected chi connectivity index (χ4v) is 1.75. The van der Waals surface area contributed by atoms with Gasteiger partial charge in [0.2, 0.25) is 0 Å². The van der Waals surface area contributed by atoms with E-state index in [2.05, 4.69) is 5.32 Å². The van der Waals surface area contributed by atoms with Crippen LogP contribution in [0.2, 0.25) is 0 Å². The minimum atomic E-state index is -0.736.